The van der Waals surface area contributed by atoms with Gasteiger partial charge >= 0.3 is 12.0 Å². The molecule has 0 aromatic carbocycles. The predicted molar refractivity (Wildman–Crippen MR) is 60.3 cm³/mol. The summed E-state index contributed by atoms with van der Waals surface area (Å²) in [6.07, 6.45) is 4.13. The minimum Gasteiger partial charge on any atom is -0.480 e. The van der Waals surface area contributed by atoms with Gasteiger partial charge in [0.25, 0.3) is 0 Å². The van der Waals surface area contributed by atoms with Gasteiger partial charge in [0.15, 0.2) is 0 Å². The van der Waals surface area contributed by atoms with Crippen LogP contribution < -0.4 is 10.6 Å². The molecule has 5 heteroatoms. The van der Waals surface area contributed by atoms with E-state index in [4.69, 9.17) is 5.11 Å². The molecule has 0 radical (unpaired) electrons. The van der Waals surface area contributed by atoms with Gasteiger partial charge in [0, 0.05) is 5.54 Å². The molecule has 0 unspecified atom stereocenters. The van der Waals surface area contributed by atoms with E-state index in [0.717, 1.165) is 25.7 Å². The Bertz CT molecular complexity index is 294. The molecule has 5 nitrogen and oxygen atoms in total. The summed E-state index contributed by atoms with van der Waals surface area (Å²) in [7, 11) is 0. The Hall–Kier alpha value is -1.26. The number of rotatable bonds is 3. The first-order valence-corrected chi connectivity index (χ1v) is 5.59. The zero-order chi connectivity index (χ0) is 12.4. The average Bonchev–Trinajstić information content (AvgIpc) is 2.49. The van der Waals surface area contributed by atoms with Crippen molar-refractivity contribution in [1.29, 1.82) is 0 Å². The number of carbonyl (C=O) groups is 2. The van der Waals surface area contributed by atoms with Crippen molar-refractivity contribution in [2.24, 2.45) is 0 Å². The molecule has 3 N–H and O–H groups in total. The van der Waals surface area contributed by atoms with Crippen LogP contribution in [0.4, 0.5) is 4.79 Å². The van der Waals surface area contributed by atoms with Gasteiger partial charge in [-0.3, -0.25) is 0 Å². The van der Waals surface area contributed by atoms with Gasteiger partial charge in [-0.05, 0) is 33.6 Å². The summed E-state index contributed by atoms with van der Waals surface area (Å²) >= 11 is 0. The quantitative estimate of drug-likeness (QED) is 0.684. The van der Waals surface area contributed by atoms with E-state index >= 15 is 0 Å². The molecule has 0 heterocycles. The van der Waals surface area contributed by atoms with Gasteiger partial charge in [-0.15, -0.1) is 0 Å². The Balaban J connectivity index is 2.50. The van der Waals surface area contributed by atoms with E-state index in [0.29, 0.717) is 0 Å². The van der Waals surface area contributed by atoms with Gasteiger partial charge in [-0.2, -0.15) is 0 Å². The smallest absolute Gasteiger partial charge is 0.328 e. The van der Waals surface area contributed by atoms with Crippen LogP contribution in [0.25, 0.3) is 0 Å². The molecule has 1 fully saturated rings. The minimum absolute atomic E-state index is 0.182. The van der Waals surface area contributed by atoms with Crippen LogP contribution in [0.2, 0.25) is 0 Å². The van der Waals surface area contributed by atoms with Crippen LogP contribution >= 0.6 is 0 Å². The molecule has 1 aliphatic rings. The predicted octanol–water partition coefficient (Wildman–Crippen LogP) is 1.48. The molecule has 0 aromatic heterocycles. The molecule has 92 valence electrons. The standard InChI is InChI=1S/C11H20N2O3/c1-10(2,8(14)15)12-9(16)13-11(3)6-4-5-7-11/h4-7H2,1-3H3,(H,14,15)(H2,12,13,16). The Labute approximate surface area is 95.6 Å². The van der Waals surface area contributed by atoms with Gasteiger partial charge in [0.1, 0.15) is 5.54 Å². The number of hydrogen-bond acceptors (Lipinski definition) is 2. The van der Waals surface area contributed by atoms with Gasteiger partial charge in [0.05, 0.1) is 0 Å². The third kappa shape index (κ3) is 3.12. The highest BCUT2D eigenvalue weighted by Crippen LogP contribution is 2.28. The second kappa shape index (κ2) is 4.31. The van der Waals surface area contributed by atoms with Gasteiger partial charge in [-0.1, -0.05) is 12.8 Å². The fourth-order valence-electron chi connectivity index (χ4n) is 1.92. The Morgan fingerprint density at radius 3 is 2.19 bits per heavy atom. The third-order valence-corrected chi connectivity index (χ3v) is 3.08. The highest BCUT2D eigenvalue weighted by molar-refractivity contribution is 5.85. The van der Waals surface area contributed by atoms with Crippen molar-refractivity contribution < 1.29 is 14.7 Å². The lowest BCUT2D eigenvalue weighted by molar-refractivity contribution is -0.142. The van der Waals surface area contributed by atoms with Gasteiger partial charge < -0.3 is 15.7 Å². The van der Waals surface area contributed by atoms with Crippen LogP contribution in [0.3, 0.4) is 0 Å². The maximum absolute atomic E-state index is 11.6. The van der Waals surface area contributed by atoms with E-state index in [9.17, 15) is 9.59 Å². The van der Waals surface area contributed by atoms with Crippen molar-refractivity contribution >= 4 is 12.0 Å². The Morgan fingerprint density at radius 2 is 1.75 bits per heavy atom. The Kier molecular flexibility index (Phi) is 3.45. The number of carbonyl (C=O) groups excluding carboxylic acids is 1. The topological polar surface area (TPSA) is 78.4 Å². The van der Waals surface area contributed by atoms with Crippen molar-refractivity contribution in [1.82, 2.24) is 10.6 Å². The number of aliphatic carboxylic acids is 1. The first-order valence-electron chi connectivity index (χ1n) is 5.59. The van der Waals surface area contributed by atoms with E-state index in [2.05, 4.69) is 10.6 Å². The lowest BCUT2D eigenvalue weighted by atomic mass is 10.0. The van der Waals surface area contributed by atoms with Crippen LogP contribution in [-0.4, -0.2) is 28.2 Å². The van der Waals surface area contributed by atoms with Crippen molar-refractivity contribution in [2.75, 3.05) is 0 Å². The van der Waals surface area contributed by atoms with Crippen molar-refractivity contribution in [3.05, 3.63) is 0 Å². The number of urea groups is 1. The van der Waals surface area contributed by atoms with Crippen LogP contribution in [-0.2, 0) is 4.79 Å². The minimum atomic E-state index is -1.24. The maximum atomic E-state index is 11.6. The number of hydrogen-bond donors (Lipinski definition) is 3. The fourth-order valence-corrected chi connectivity index (χ4v) is 1.92. The summed E-state index contributed by atoms with van der Waals surface area (Å²) in [5, 5.41) is 14.2. The lowest BCUT2D eigenvalue weighted by Gasteiger charge is -2.28. The lowest BCUT2D eigenvalue weighted by Crippen LogP contribution is -2.57. The molecule has 1 rings (SSSR count). The summed E-state index contributed by atoms with van der Waals surface area (Å²) in [6.45, 7) is 4.92. The number of carboxylic acids is 1. The second-order valence-electron chi connectivity index (χ2n) is 5.28. The van der Waals surface area contributed by atoms with E-state index in [1.807, 2.05) is 6.92 Å². The highest BCUT2D eigenvalue weighted by Gasteiger charge is 2.34. The summed E-state index contributed by atoms with van der Waals surface area (Å²) in [4.78, 5) is 22.5. The van der Waals surface area contributed by atoms with Crippen LogP contribution in [0.15, 0.2) is 0 Å². The monoisotopic (exact) mass is 228 g/mol. The van der Waals surface area contributed by atoms with Crippen LogP contribution in [0.5, 0.6) is 0 Å². The molecule has 0 aromatic rings. The largest absolute Gasteiger partial charge is 0.480 e. The number of carboxylic acid groups (broad SMARTS) is 1. The SMILES string of the molecule is CC1(NC(=O)NC(C)(C)C(=O)O)CCCC1. The number of nitrogens with one attached hydrogen (secondary N) is 2. The normalized spacial score (nSPS) is 19.2. The van der Waals surface area contributed by atoms with E-state index < -0.39 is 17.5 Å². The molecule has 0 saturated heterocycles. The molecule has 0 spiro atoms. The Morgan fingerprint density at radius 1 is 1.25 bits per heavy atom. The molecule has 16 heavy (non-hydrogen) atoms. The molecule has 0 atom stereocenters. The summed E-state index contributed by atoms with van der Waals surface area (Å²) in [5.41, 5.74) is -1.42. The molecular weight excluding hydrogens is 208 g/mol. The molecule has 1 saturated carbocycles. The van der Waals surface area contributed by atoms with E-state index in [1.165, 1.54) is 13.8 Å². The van der Waals surface area contributed by atoms with Crippen LogP contribution in [0.1, 0.15) is 46.5 Å². The summed E-state index contributed by atoms with van der Waals surface area (Å²) in [5.74, 6) is -1.04. The number of amides is 2. The first kappa shape index (κ1) is 12.8. The zero-order valence-corrected chi connectivity index (χ0v) is 10.1. The van der Waals surface area contributed by atoms with Gasteiger partial charge in [0.2, 0.25) is 0 Å². The second-order valence-corrected chi connectivity index (χ2v) is 5.28. The third-order valence-electron chi connectivity index (χ3n) is 3.08. The van der Waals surface area contributed by atoms with Crippen molar-refractivity contribution in [2.45, 2.75) is 57.5 Å². The van der Waals surface area contributed by atoms with E-state index in [-0.39, 0.29) is 5.54 Å². The van der Waals surface area contributed by atoms with Gasteiger partial charge in [-0.25, -0.2) is 9.59 Å². The van der Waals surface area contributed by atoms with Crippen LogP contribution in [0, 0.1) is 0 Å². The molecular formula is C11H20N2O3. The first-order chi connectivity index (χ1) is 7.25. The summed E-state index contributed by atoms with van der Waals surface area (Å²) in [6, 6.07) is -0.406. The molecule has 0 bridgehead atoms. The maximum Gasteiger partial charge on any atom is 0.328 e. The van der Waals surface area contributed by atoms with Crippen molar-refractivity contribution in [3.8, 4) is 0 Å². The van der Waals surface area contributed by atoms with Crippen molar-refractivity contribution in [3.63, 3.8) is 0 Å². The van der Waals surface area contributed by atoms with E-state index in [1.54, 1.807) is 0 Å². The summed E-state index contributed by atoms with van der Waals surface area (Å²) < 4.78 is 0. The zero-order valence-electron chi connectivity index (χ0n) is 10.1. The molecule has 2 amide bonds. The molecule has 1 aliphatic carbocycles. The molecule has 0 aliphatic heterocycles. The average molecular weight is 228 g/mol. The highest BCUT2D eigenvalue weighted by atomic mass is 16.4. The fraction of sp³-hybridized carbons (Fsp3) is 0.818.